The van der Waals surface area contributed by atoms with Crippen molar-refractivity contribution >= 4 is 29.4 Å². The third-order valence-electron chi connectivity index (χ3n) is 5.09. The number of aromatic carboxylic acids is 1. The van der Waals surface area contributed by atoms with E-state index in [0.717, 1.165) is 4.90 Å². The zero-order chi connectivity index (χ0) is 19.7. The van der Waals surface area contributed by atoms with Gasteiger partial charge in [-0.05, 0) is 30.3 Å². The maximum Gasteiger partial charge on any atom is 0.335 e. The number of hydrogen-bond donors (Lipinski definition) is 1. The van der Waals surface area contributed by atoms with E-state index in [4.69, 9.17) is 5.11 Å². The molecule has 4 rings (SSSR count). The van der Waals surface area contributed by atoms with Gasteiger partial charge in [-0.25, -0.2) is 19.7 Å². The first-order valence-electron chi connectivity index (χ1n) is 9.01. The van der Waals surface area contributed by atoms with Gasteiger partial charge >= 0.3 is 5.97 Å². The van der Waals surface area contributed by atoms with E-state index in [9.17, 15) is 14.4 Å². The number of rotatable bonds is 4. The number of carboxylic acids is 1. The largest absolute Gasteiger partial charge is 0.478 e. The lowest BCUT2D eigenvalue weighted by atomic mass is 10.1. The highest BCUT2D eigenvalue weighted by atomic mass is 16.4. The first-order valence-corrected chi connectivity index (χ1v) is 9.01. The Balaban J connectivity index is 1.44. The van der Waals surface area contributed by atoms with Crippen LogP contribution in [0.1, 0.15) is 16.8 Å². The van der Waals surface area contributed by atoms with Gasteiger partial charge in [-0.15, -0.1) is 0 Å². The molecule has 0 radical (unpaired) electrons. The molecule has 2 aliphatic heterocycles. The highest BCUT2D eigenvalue weighted by Crippen LogP contribution is 2.27. The Kier molecular flexibility index (Phi) is 4.74. The summed E-state index contributed by atoms with van der Waals surface area (Å²) in [6, 6.07) is 7.04. The number of imide groups is 1. The van der Waals surface area contributed by atoms with Gasteiger partial charge in [-0.3, -0.25) is 14.5 Å². The van der Waals surface area contributed by atoms with Crippen LogP contribution in [-0.4, -0.2) is 70.0 Å². The fourth-order valence-electron chi connectivity index (χ4n) is 3.61. The molecule has 3 heterocycles. The van der Waals surface area contributed by atoms with E-state index in [0.29, 0.717) is 37.8 Å². The fourth-order valence-corrected chi connectivity index (χ4v) is 3.61. The summed E-state index contributed by atoms with van der Waals surface area (Å²) >= 11 is 0. The van der Waals surface area contributed by atoms with Gasteiger partial charge in [0.2, 0.25) is 11.9 Å². The summed E-state index contributed by atoms with van der Waals surface area (Å²) in [6.07, 6.45) is 3.52. The summed E-state index contributed by atoms with van der Waals surface area (Å²) in [5, 5.41) is 8.99. The third-order valence-corrected chi connectivity index (χ3v) is 5.09. The van der Waals surface area contributed by atoms with Crippen LogP contribution in [-0.2, 0) is 9.59 Å². The van der Waals surface area contributed by atoms with Crippen LogP contribution in [0.5, 0.6) is 0 Å². The van der Waals surface area contributed by atoms with Crippen molar-refractivity contribution in [3.63, 3.8) is 0 Å². The number of carboxylic acid groups (broad SMARTS) is 1. The zero-order valence-electron chi connectivity index (χ0n) is 15.1. The maximum absolute atomic E-state index is 12.9. The van der Waals surface area contributed by atoms with E-state index in [2.05, 4.69) is 14.9 Å². The number of carbonyl (C=O) groups is 3. The van der Waals surface area contributed by atoms with Gasteiger partial charge in [0, 0.05) is 38.6 Å². The Morgan fingerprint density at radius 2 is 1.64 bits per heavy atom. The molecule has 0 spiro atoms. The minimum absolute atomic E-state index is 0.110. The molecule has 2 fully saturated rings. The van der Waals surface area contributed by atoms with Crippen molar-refractivity contribution in [2.24, 2.45) is 0 Å². The van der Waals surface area contributed by atoms with Crippen molar-refractivity contribution in [2.75, 3.05) is 36.0 Å². The van der Waals surface area contributed by atoms with E-state index >= 15 is 0 Å². The topological polar surface area (TPSA) is 107 Å². The third kappa shape index (κ3) is 3.31. The molecule has 0 aliphatic carbocycles. The number of anilines is 2. The molecule has 0 bridgehead atoms. The van der Waals surface area contributed by atoms with Gasteiger partial charge in [-0.2, -0.15) is 0 Å². The first kappa shape index (κ1) is 18.1. The molecular weight excluding hydrogens is 362 g/mol. The van der Waals surface area contributed by atoms with Crippen molar-refractivity contribution in [2.45, 2.75) is 12.5 Å². The number of hydrogen-bond acceptors (Lipinski definition) is 7. The van der Waals surface area contributed by atoms with Crippen LogP contribution in [0, 0.1) is 0 Å². The molecule has 1 aromatic heterocycles. The minimum atomic E-state index is -1.05. The Bertz CT molecular complexity index is 894. The normalized spacial score (nSPS) is 20.6. The molecule has 9 heteroatoms. The van der Waals surface area contributed by atoms with Gasteiger partial charge < -0.3 is 10.0 Å². The average Bonchev–Trinajstić information content (AvgIpc) is 3.03. The zero-order valence-corrected chi connectivity index (χ0v) is 15.1. The fraction of sp³-hybridized carbons (Fsp3) is 0.316. The van der Waals surface area contributed by atoms with E-state index in [-0.39, 0.29) is 23.8 Å². The predicted molar refractivity (Wildman–Crippen MR) is 100 cm³/mol. The lowest BCUT2D eigenvalue weighted by Crippen LogP contribution is -2.53. The van der Waals surface area contributed by atoms with Crippen molar-refractivity contribution < 1.29 is 19.5 Å². The first-order chi connectivity index (χ1) is 13.5. The average molecular weight is 381 g/mol. The lowest BCUT2D eigenvalue weighted by Gasteiger charge is -2.36. The van der Waals surface area contributed by atoms with Gasteiger partial charge in [0.25, 0.3) is 5.91 Å². The van der Waals surface area contributed by atoms with Crippen LogP contribution >= 0.6 is 0 Å². The summed E-state index contributed by atoms with van der Waals surface area (Å²) in [5.41, 5.74) is 0.512. The Morgan fingerprint density at radius 3 is 2.25 bits per heavy atom. The van der Waals surface area contributed by atoms with E-state index in [1.165, 1.54) is 24.3 Å². The molecule has 0 saturated carbocycles. The number of piperazine rings is 1. The number of benzene rings is 1. The number of amides is 2. The highest BCUT2D eigenvalue weighted by Gasteiger charge is 2.43. The van der Waals surface area contributed by atoms with E-state index in [1.807, 2.05) is 4.90 Å². The van der Waals surface area contributed by atoms with Crippen molar-refractivity contribution in [1.82, 2.24) is 14.9 Å². The molecule has 2 aromatic rings. The molecule has 2 saturated heterocycles. The summed E-state index contributed by atoms with van der Waals surface area (Å²) in [7, 11) is 0. The lowest BCUT2D eigenvalue weighted by molar-refractivity contribution is -0.123. The van der Waals surface area contributed by atoms with Crippen LogP contribution in [0.25, 0.3) is 0 Å². The number of carbonyl (C=O) groups excluding carboxylic acids is 2. The molecule has 144 valence electrons. The van der Waals surface area contributed by atoms with Gasteiger partial charge in [-0.1, -0.05) is 0 Å². The SMILES string of the molecule is O=C(O)c1ccc(N2C(=O)C[C@H](N3CCN(c4ncccn4)CC3)C2=O)cc1. The molecule has 2 aliphatic rings. The number of nitrogens with zero attached hydrogens (tertiary/aromatic N) is 5. The van der Waals surface area contributed by atoms with Crippen molar-refractivity contribution in [3.8, 4) is 0 Å². The molecular formula is C19H19N5O4. The smallest absolute Gasteiger partial charge is 0.335 e. The molecule has 1 atom stereocenters. The molecule has 28 heavy (non-hydrogen) atoms. The van der Waals surface area contributed by atoms with Gasteiger partial charge in [0.05, 0.1) is 23.7 Å². The minimum Gasteiger partial charge on any atom is -0.478 e. The summed E-state index contributed by atoms with van der Waals surface area (Å²) in [4.78, 5) is 50.1. The van der Waals surface area contributed by atoms with Crippen molar-refractivity contribution in [1.29, 1.82) is 0 Å². The molecule has 1 N–H and O–H groups in total. The van der Waals surface area contributed by atoms with Crippen LogP contribution in [0.2, 0.25) is 0 Å². The molecule has 2 amide bonds. The molecule has 0 unspecified atom stereocenters. The predicted octanol–water partition coefficient (Wildman–Crippen LogP) is 0.629. The summed E-state index contributed by atoms with van der Waals surface area (Å²) in [5.74, 6) is -0.927. The van der Waals surface area contributed by atoms with E-state index in [1.54, 1.807) is 18.5 Å². The van der Waals surface area contributed by atoms with E-state index < -0.39 is 12.0 Å². The summed E-state index contributed by atoms with van der Waals surface area (Å²) in [6.45, 7) is 2.62. The Morgan fingerprint density at radius 1 is 1.00 bits per heavy atom. The second-order valence-corrected chi connectivity index (χ2v) is 6.71. The van der Waals surface area contributed by atoms with Crippen LogP contribution in [0.3, 0.4) is 0 Å². The number of aromatic nitrogens is 2. The highest BCUT2D eigenvalue weighted by molar-refractivity contribution is 6.22. The van der Waals surface area contributed by atoms with Gasteiger partial charge in [0.1, 0.15) is 0 Å². The van der Waals surface area contributed by atoms with Crippen LogP contribution in [0.4, 0.5) is 11.6 Å². The second-order valence-electron chi connectivity index (χ2n) is 6.71. The standard InChI is InChI=1S/C19H19N5O4/c25-16-12-15(17(26)24(16)14-4-2-13(3-5-14)18(27)28)22-8-10-23(11-9-22)19-20-6-1-7-21-19/h1-7,15H,8-12H2,(H,27,28)/t15-/m0/s1. The Hall–Kier alpha value is -3.33. The maximum atomic E-state index is 12.9. The Labute approximate surface area is 161 Å². The second kappa shape index (κ2) is 7.35. The quantitative estimate of drug-likeness (QED) is 0.769. The molecule has 1 aromatic carbocycles. The van der Waals surface area contributed by atoms with Crippen LogP contribution < -0.4 is 9.80 Å². The summed E-state index contributed by atoms with van der Waals surface area (Å²) < 4.78 is 0. The van der Waals surface area contributed by atoms with Crippen molar-refractivity contribution in [3.05, 3.63) is 48.3 Å². The van der Waals surface area contributed by atoms with Crippen LogP contribution in [0.15, 0.2) is 42.7 Å². The molecule has 9 nitrogen and oxygen atoms in total. The monoisotopic (exact) mass is 381 g/mol. The van der Waals surface area contributed by atoms with Gasteiger partial charge in [0.15, 0.2) is 0 Å².